The number of carbonyl (C=O) groups is 1. The number of ether oxygens (including phenoxy) is 1. The van der Waals surface area contributed by atoms with Gasteiger partial charge in [0.2, 0.25) is 0 Å². The number of para-hydroxylation sites is 1. The van der Waals surface area contributed by atoms with E-state index in [0.29, 0.717) is 36.5 Å². The zero-order valence-corrected chi connectivity index (χ0v) is 21.5. The Morgan fingerprint density at radius 3 is 2.59 bits per heavy atom. The Hall–Kier alpha value is -4.10. The van der Waals surface area contributed by atoms with Crippen molar-refractivity contribution in [2.45, 2.75) is 39.3 Å². The van der Waals surface area contributed by atoms with Gasteiger partial charge in [0.15, 0.2) is 5.82 Å². The predicted octanol–water partition coefficient (Wildman–Crippen LogP) is 3.24. The molecule has 1 aliphatic rings. The second-order valence-corrected chi connectivity index (χ2v) is 9.88. The van der Waals surface area contributed by atoms with Gasteiger partial charge in [0.05, 0.1) is 11.9 Å². The quantitative estimate of drug-likeness (QED) is 0.509. The summed E-state index contributed by atoms with van der Waals surface area (Å²) in [5.74, 6) is 6.79. The summed E-state index contributed by atoms with van der Waals surface area (Å²) in [6.07, 6.45) is 4.08. The van der Waals surface area contributed by atoms with E-state index in [1.54, 1.807) is 40.0 Å². The van der Waals surface area contributed by atoms with Crippen LogP contribution >= 0.6 is 0 Å². The number of carbonyl (C=O) groups excluding carboxylic acids is 1. The average molecular weight is 504 g/mol. The molecule has 0 atom stereocenters. The van der Waals surface area contributed by atoms with Gasteiger partial charge in [-0.1, -0.05) is 18.1 Å². The van der Waals surface area contributed by atoms with E-state index in [1.165, 1.54) is 0 Å². The summed E-state index contributed by atoms with van der Waals surface area (Å²) in [4.78, 5) is 16.3. The van der Waals surface area contributed by atoms with Crippen molar-refractivity contribution in [3.63, 3.8) is 0 Å². The SMILES string of the molecule is CC(C)(C)OC(=O)N1CCN(CCC#CCn2cc(-c3cc(-c4ccccc4O)nnc3N)cn2)CC1. The summed E-state index contributed by atoms with van der Waals surface area (Å²) in [6, 6.07) is 8.76. The molecule has 1 saturated heterocycles. The monoisotopic (exact) mass is 503 g/mol. The van der Waals surface area contributed by atoms with Crippen LogP contribution in [0.5, 0.6) is 5.75 Å². The lowest BCUT2D eigenvalue weighted by Gasteiger charge is -2.35. The number of nitrogen functional groups attached to an aromatic ring is 1. The van der Waals surface area contributed by atoms with E-state index >= 15 is 0 Å². The lowest BCUT2D eigenvalue weighted by atomic mass is 10.1. The standard InChI is InChI=1S/C27H33N7O3/c1-27(2,3)37-26(36)33-15-13-32(14-16-33)11-7-4-8-12-34-19-20(18-29-34)22-17-23(30-31-25(22)28)21-9-5-6-10-24(21)35/h5-6,9-10,17-19,35H,7,11-16H2,1-3H3,(H2,28,31). The number of benzene rings is 1. The van der Waals surface area contributed by atoms with E-state index in [-0.39, 0.29) is 17.7 Å². The molecule has 4 rings (SSSR count). The molecule has 0 radical (unpaired) electrons. The van der Waals surface area contributed by atoms with E-state index in [0.717, 1.165) is 31.6 Å². The Morgan fingerprint density at radius 1 is 1.11 bits per heavy atom. The minimum Gasteiger partial charge on any atom is -0.507 e. The van der Waals surface area contributed by atoms with Crippen LogP contribution in [0, 0.1) is 11.8 Å². The molecule has 3 heterocycles. The number of aromatic nitrogens is 4. The normalized spacial score (nSPS) is 14.2. The highest BCUT2D eigenvalue weighted by molar-refractivity contribution is 5.78. The van der Waals surface area contributed by atoms with Gasteiger partial charge < -0.3 is 20.5 Å². The smallest absolute Gasteiger partial charge is 0.410 e. The fraction of sp³-hybridized carbons (Fsp3) is 0.407. The molecule has 37 heavy (non-hydrogen) atoms. The maximum absolute atomic E-state index is 12.2. The highest BCUT2D eigenvalue weighted by Crippen LogP contribution is 2.31. The van der Waals surface area contributed by atoms with Gasteiger partial charge in [-0.05, 0) is 39.0 Å². The van der Waals surface area contributed by atoms with Crippen molar-refractivity contribution in [1.29, 1.82) is 0 Å². The third-order valence-electron chi connectivity index (χ3n) is 5.89. The minimum atomic E-state index is -0.476. The van der Waals surface area contributed by atoms with Crippen LogP contribution < -0.4 is 5.73 Å². The fourth-order valence-corrected chi connectivity index (χ4v) is 3.96. The van der Waals surface area contributed by atoms with Crippen LogP contribution in [0.15, 0.2) is 42.7 Å². The first-order chi connectivity index (χ1) is 17.7. The van der Waals surface area contributed by atoms with Crippen molar-refractivity contribution >= 4 is 11.9 Å². The first-order valence-corrected chi connectivity index (χ1v) is 12.3. The van der Waals surface area contributed by atoms with Gasteiger partial charge in [0.25, 0.3) is 0 Å². The molecular weight excluding hydrogens is 470 g/mol. The first-order valence-electron chi connectivity index (χ1n) is 12.3. The molecule has 0 unspecified atom stereocenters. The highest BCUT2D eigenvalue weighted by atomic mass is 16.6. The summed E-state index contributed by atoms with van der Waals surface area (Å²) < 4.78 is 7.20. The number of phenolic OH excluding ortho intramolecular Hbond substituents is 1. The number of rotatable bonds is 5. The number of nitrogens with zero attached hydrogens (tertiary/aromatic N) is 6. The number of nitrogens with two attached hydrogens (primary N) is 1. The Morgan fingerprint density at radius 2 is 1.86 bits per heavy atom. The largest absolute Gasteiger partial charge is 0.507 e. The Balaban J connectivity index is 1.27. The van der Waals surface area contributed by atoms with Gasteiger partial charge in [-0.2, -0.15) is 5.10 Å². The zero-order chi connectivity index (χ0) is 26.4. The molecule has 10 heteroatoms. The maximum Gasteiger partial charge on any atom is 0.410 e. The number of hydrogen-bond acceptors (Lipinski definition) is 8. The second-order valence-electron chi connectivity index (χ2n) is 9.88. The Labute approximate surface area is 217 Å². The number of phenols is 1. The number of aromatic hydroxyl groups is 1. The topological polar surface area (TPSA) is 123 Å². The number of piperazine rings is 1. The van der Waals surface area contributed by atoms with Crippen LogP contribution in [0.25, 0.3) is 22.4 Å². The van der Waals surface area contributed by atoms with Gasteiger partial charge >= 0.3 is 6.09 Å². The molecule has 0 bridgehead atoms. The summed E-state index contributed by atoms with van der Waals surface area (Å²) >= 11 is 0. The van der Waals surface area contributed by atoms with Crippen LogP contribution in [0.1, 0.15) is 27.2 Å². The van der Waals surface area contributed by atoms with Gasteiger partial charge in [-0.15, -0.1) is 16.1 Å². The molecule has 194 valence electrons. The van der Waals surface area contributed by atoms with Gasteiger partial charge in [-0.25, -0.2) is 4.79 Å². The van der Waals surface area contributed by atoms with Crippen molar-refractivity contribution in [2.75, 3.05) is 38.5 Å². The van der Waals surface area contributed by atoms with Gasteiger partial charge in [-0.3, -0.25) is 9.58 Å². The number of hydrogen-bond donors (Lipinski definition) is 2. The fourth-order valence-electron chi connectivity index (χ4n) is 3.96. The average Bonchev–Trinajstić information content (AvgIpc) is 3.32. The minimum absolute atomic E-state index is 0.128. The van der Waals surface area contributed by atoms with Crippen LogP contribution in [0.2, 0.25) is 0 Å². The molecule has 1 fully saturated rings. The van der Waals surface area contributed by atoms with E-state index in [2.05, 4.69) is 32.0 Å². The van der Waals surface area contributed by atoms with Crippen molar-refractivity contribution in [3.05, 3.63) is 42.7 Å². The van der Waals surface area contributed by atoms with Gasteiger partial charge in [0.1, 0.15) is 17.9 Å². The van der Waals surface area contributed by atoms with Crippen molar-refractivity contribution in [1.82, 2.24) is 29.8 Å². The molecule has 1 aromatic carbocycles. The number of amides is 1. The van der Waals surface area contributed by atoms with E-state index in [4.69, 9.17) is 10.5 Å². The van der Waals surface area contributed by atoms with Crippen LogP contribution in [-0.4, -0.2) is 79.3 Å². The van der Waals surface area contributed by atoms with Crippen LogP contribution in [-0.2, 0) is 11.3 Å². The molecule has 10 nitrogen and oxygen atoms in total. The van der Waals surface area contributed by atoms with Crippen LogP contribution in [0.4, 0.5) is 10.6 Å². The third-order valence-corrected chi connectivity index (χ3v) is 5.89. The highest BCUT2D eigenvalue weighted by Gasteiger charge is 2.25. The molecule has 0 saturated carbocycles. The lowest BCUT2D eigenvalue weighted by Crippen LogP contribution is -2.50. The second kappa shape index (κ2) is 11.3. The van der Waals surface area contributed by atoms with Crippen molar-refractivity contribution in [2.24, 2.45) is 0 Å². The van der Waals surface area contributed by atoms with Crippen LogP contribution in [0.3, 0.4) is 0 Å². The first kappa shape index (κ1) is 26.0. The molecule has 1 aliphatic heterocycles. The summed E-state index contributed by atoms with van der Waals surface area (Å²) in [5, 5.41) is 22.7. The van der Waals surface area contributed by atoms with E-state index in [9.17, 15) is 9.90 Å². The molecule has 0 spiro atoms. The molecular formula is C27H33N7O3. The molecule has 1 amide bonds. The number of anilines is 1. The Kier molecular flexibility index (Phi) is 7.94. The summed E-state index contributed by atoms with van der Waals surface area (Å²) in [5.41, 5.74) is 8.20. The summed E-state index contributed by atoms with van der Waals surface area (Å²) in [7, 11) is 0. The molecule has 3 N–H and O–H groups in total. The van der Waals surface area contributed by atoms with E-state index in [1.807, 2.05) is 33.0 Å². The Bertz CT molecular complexity index is 1300. The third kappa shape index (κ3) is 6.98. The van der Waals surface area contributed by atoms with E-state index < -0.39 is 5.60 Å². The predicted molar refractivity (Wildman–Crippen MR) is 141 cm³/mol. The van der Waals surface area contributed by atoms with Crippen molar-refractivity contribution in [3.8, 4) is 40.0 Å². The maximum atomic E-state index is 12.2. The molecule has 2 aromatic heterocycles. The van der Waals surface area contributed by atoms with Crippen molar-refractivity contribution < 1.29 is 14.6 Å². The summed E-state index contributed by atoms with van der Waals surface area (Å²) in [6.45, 7) is 9.90. The lowest BCUT2D eigenvalue weighted by molar-refractivity contribution is 0.0147. The molecule has 0 aliphatic carbocycles. The van der Waals surface area contributed by atoms with Gasteiger partial charge in [0, 0.05) is 62.0 Å². The molecule has 3 aromatic rings. The zero-order valence-electron chi connectivity index (χ0n) is 21.5.